The van der Waals surface area contributed by atoms with Gasteiger partial charge in [0.15, 0.2) is 0 Å². The Hall–Kier alpha value is -0.0800. The zero-order chi connectivity index (χ0) is 11.7. The molecule has 98 valence electrons. The minimum absolute atomic E-state index is 0.821. The molecule has 0 aromatic carbocycles. The van der Waals surface area contributed by atoms with Crippen LogP contribution in [-0.2, 0) is 0 Å². The summed E-state index contributed by atoms with van der Waals surface area (Å²) >= 11 is 0. The minimum Gasteiger partial charge on any atom is -0.317 e. The van der Waals surface area contributed by atoms with E-state index in [1.165, 1.54) is 64.6 Å². The van der Waals surface area contributed by atoms with Crippen molar-refractivity contribution in [2.24, 2.45) is 17.8 Å². The van der Waals surface area contributed by atoms with Crippen molar-refractivity contribution in [1.82, 2.24) is 10.2 Å². The van der Waals surface area contributed by atoms with Gasteiger partial charge < -0.3 is 10.2 Å². The maximum absolute atomic E-state index is 3.47. The molecular weight excluding hydrogens is 208 g/mol. The van der Waals surface area contributed by atoms with Crippen LogP contribution in [0.15, 0.2) is 0 Å². The monoisotopic (exact) mass is 236 g/mol. The molecule has 2 nitrogen and oxygen atoms in total. The molecule has 1 unspecified atom stereocenters. The largest absolute Gasteiger partial charge is 0.317 e. The average molecular weight is 236 g/mol. The Kier molecular flexibility index (Phi) is 3.72. The molecule has 3 atom stereocenters. The molecule has 2 aliphatic carbocycles. The smallest absolute Gasteiger partial charge is 0.00705 e. The van der Waals surface area contributed by atoms with Crippen LogP contribution >= 0.6 is 0 Å². The molecule has 0 radical (unpaired) electrons. The second-order valence-corrected chi connectivity index (χ2v) is 6.70. The fourth-order valence-corrected chi connectivity index (χ4v) is 4.52. The van der Waals surface area contributed by atoms with E-state index in [2.05, 4.69) is 17.3 Å². The lowest BCUT2D eigenvalue weighted by molar-refractivity contribution is 0.219. The summed E-state index contributed by atoms with van der Waals surface area (Å²) in [5.41, 5.74) is 0. The first kappa shape index (κ1) is 12.0. The molecule has 1 heterocycles. The van der Waals surface area contributed by atoms with Crippen LogP contribution in [-0.4, -0.2) is 37.6 Å². The summed E-state index contributed by atoms with van der Waals surface area (Å²) in [5, 5.41) is 3.47. The lowest BCUT2D eigenvalue weighted by atomic mass is 9.89. The van der Waals surface area contributed by atoms with Gasteiger partial charge in [0, 0.05) is 25.7 Å². The van der Waals surface area contributed by atoms with Crippen molar-refractivity contribution in [2.75, 3.05) is 26.7 Å². The fraction of sp³-hybridized carbons (Fsp3) is 1.00. The number of nitrogens with zero attached hydrogens (tertiary/aromatic N) is 1. The van der Waals surface area contributed by atoms with Crippen LogP contribution in [0.1, 0.15) is 44.9 Å². The van der Waals surface area contributed by atoms with E-state index in [9.17, 15) is 0 Å². The standard InChI is InChI=1S/C15H28N2/c1-16-15-7-13-10-17(11-14(13)8-15)9-12-5-3-2-4-6-12/h12-16H,2-11H2,1H3/t13-,14+,15?. The van der Waals surface area contributed by atoms with Gasteiger partial charge in [-0.1, -0.05) is 19.3 Å². The van der Waals surface area contributed by atoms with Gasteiger partial charge in [-0.3, -0.25) is 0 Å². The molecule has 3 aliphatic rings. The second-order valence-electron chi connectivity index (χ2n) is 6.70. The third-order valence-corrected chi connectivity index (χ3v) is 5.48. The first-order chi connectivity index (χ1) is 8.35. The fourth-order valence-electron chi connectivity index (χ4n) is 4.52. The molecular formula is C15H28N2. The molecule has 0 aromatic heterocycles. The molecule has 3 rings (SSSR count). The zero-order valence-electron chi connectivity index (χ0n) is 11.3. The van der Waals surface area contributed by atoms with Crippen molar-refractivity contribution < 1.29 is 0 Å². The van der Waals surface area contributed by atoms with Gasteiger partial charge >= 0.3 is 0 Å². The van der Waals surface area contributed by atoms with Crippen LogP contribution in [0.5, 0.6) is 0 Å². The predicted molar refractivity (Wildman–Crippen MR) is 72.1 cm³/mol. The van der Waals surface area contributed by atoms with Gasteiger partial charge in [-0.05, 0) is 50.5 Å². The van der Waals surface area contributed by atoms with Gasteiger partial charge in [0.25, 0.3) is 0 Å². The van der Waals surface area contributed by atoms with Crippen LogP contribution in [0, 0.1) is 17.8 Å². The molecule has 2 heteroatoms. The lowest BCUT2D eigenvalue weighted by Gasteiger charge is -2.27. The van der Waals surface area contributed by atoms with Crippen LogP contribution < -0.4 is 5.32 Å². The Bertz CT molecular complexity index is 233. The molecule has 17 heavy (non-hydrogen) atoms. The van der Waals surface area contributed by atoms with Crippen molar-refractivity contribution >= 4 is 0 Å². The van der Waals surface area contributed by atoms with E-state index in [0.29, 0.717) is 0 Å². The number of hydrogen-bond donors (Lipinski definition) is 1. The maximum Gasteiger partial charge on any atom is 0.00705 e. The predicted octanol–water partition coefficient (Wildman–Crippen LogP) is 2.50. The SMILES string of the molecule is CNC1C[C@@H]2CN(CC3CCCCC3)C[C@@H]2C1. The van der Waals surface area contributed by atoms with Crippen molar-refractivity contribution in [2.45, 2.75) is 51.0 Å². The summed E-state index contributed by atoms with van der Waals surface area (Å²) < 4.78 is 0. The summed E-state index contributed by atoms with van der Waals surface area (Å²) in [6, 6.07) is 0.821. The van der Waals surface area contributed by atoms with Gasteiger partial charge in [-0.15, -0.1) is 0 Å². The second kappa shape index (κ2) is 5.27. The number of likely N-dealkylation sites (tertiary alicyclic amines) is 1. The van der Waals surface area contributed by atoms with E-state index in [-0.39, 0.29) is 0 Å². The first-order valence-electron chi connectivity index (χ1n) is 7.74. The highest BCUT2D eigenvalue weighted by Gasteiger charge is 2.40. The van der Waals surface area contributed by atoms with Crippen molar-refractivity contribution in [1.29, 1.82) is 0 Å². The Balaban J connectivity index is 1.46. The summed E-state index contributed by atoms with van der Waals surface area (Å²) in [5.74, 6) is 3.05. The van der Waals surface area contributed by atoms with E-state index in [1.807, 2.05) is 0 Å². The Morgan fingerprint density at radius 2 is 1.65 bits per heavy atom. The van der Waals surface area contributed by atoms with Crippen LogP contribution in [0.3, 0.4) is 0 Å². The molecule has 0 amide bonds. The molecule has 2 saturated carbocycles. The molecule has 0 bridgehead atoms. The zero-order valence-corrected chi connectivity index (χ0v) is 11.3. The molecule has 1 aliphatic heterocycles. The highest BCUT2D eigenvalue weighted by atomic mass is 15.2. The van der Waals surface area contributed by atoms with E-state index in [1.54, 1.807) is 0 Å². The Labute approximate surface area is 106 Å². The maximum atomic E-state index is 3.47. The topological polar surface area (TPSA) is 15.3 Å². The normalized spacial score (nSPS) is 39.7. The Morgan fingerprint density at radius 3 is 2.24 bits per heavy atom. The van der Waals surface area contributed by atoms with Crippen LogP contribution in [0.4, 0.5) is 0 Å². The van der Waals surface area contributed by atoms with Gasteiger partial charge in [0.05, 0.1) is 0 Å². The number of nitrogens with one attached hydrogen (secondary N) is 1. The van der Waals surface area contributed by atoms with Crippen molar-refractivity contribution in [3.8, 4) is 0 Å². The van der Waals surface area contributed by atoms with E-state index < -0.39 is 0 Å². The first-order valence-corrected chi connectivity index (χ1v) is 7.74. The van der Waals surface area contributed by atoms with Gasteiger partial charge in [-0.25, -0.2) is 0 Å². The quantitative estimate of drug-likeness (QED) is 0.810. The molecule has 0 spiro atoms. The third kappa shape index (κ3) is 2.68. The Morgan fingerprint density at radius 1 is 1.00 bits per heavy atom. The molecule has 1 saturated heterocycles. The summed E-state index contributed by atoms with van der Waals surface area (Å²) in [7, 11) is 2.13. The van der Waals surface area contributed by atoms with Crippen LogP contribution in [0.25, 0.3) is 0 Å². The van der Waals surface area contributed by atoms with Gasteiger partial charge in [-0.2, -0.15) is 0 Å². The number of hydrogen-bond acceptors (Lipinski definition) is 2. The van der Waals surface area contributed by atoms with Crippen molar-refractivity contribution in [3.63, 3.8) is 0 Å². The molecule has 1 N–H and O–H groups in total. The number of rotatable bonds is 3. The van der Waals surface area contributed by atoms with E-state index in [0.717, 1.165) is 23.8 Å². The van der Waals surface area contributed by atoms with Crippen molar-refractivity contribution in [3.05, 3.63) is 0 Å². The summed E-state index contributed by atoms with van der Waals surface area (Å²) in [4.78, 5) is 2.79. The van der Waals surface area contributed by atoms with Crippen LogP contribution in [0.2, 0.25) is 0 Å². The highest BCUT2D eigenvalue weighted by Crippen LogP contribution is 2.38. The number of fused-ring (bicyclic) bond motifs is 1. The average Bonchev–Trinajstić information content (AvgIpc) is 2.87. The van der Waals surface area contributed by atoms with E-state index in [4.69, 9.17) is 0 Å². The lowest BCUT2D eigenvalue weighted by Crippen LogP contribution is -2.31. The van der Waals surface area contributed by atoms with Gasteiger partial charge in [0.1, 0.15) is 0 Å². The van der Waals surface area contributed by atoms with Gasteiger partial charge in [0.2, 0.25) is 0 Å². The summed E-state index contributed by atoms with van der Waals surface area (Å²) in [6.45, 7) is 4.22. The molecule has 0 aromatic rings. The third-order valence-electron chi connectivity index (χ3n) is 5.48. The summed E-state index contributed by atoms with van der Waals surface area (Å²) in [6.07, 6.45) is 10.4. The highest BCUT2D eigenvalue weighted by molar-refractivity contribution is 4.95. The van der Waals surface area contributed by atoms with E-state index >= 15 is 0 Å². The minimum atomic E-state index is 0.821. The molecule has 3 fully saturated rings.